The van der Waals surface area contributed by atoms with E-state index in [4.69, 9.17) is 26.8 Å². The molecule has 0 bridgehead atoms. The van der Waals surface area contributed by atoms with Gasteiger partial charge < -0.3 is 15.2 Å². The van der Waals surface area contributed by atoms with Gasteiger partial charge in [-0.25, -0.2) is 4.39 Å². The van der Waals surface area contributed by atoms with Gasteiger partial charge in [0.05, 0.1) is 23.8 Å². The van der Waals surface area contributed by atoms with Crippen LogP contribution in [0.1, 0.15) is 30.4 Å². The van der Waals surface area contributed by atoms with Crippen LogP contribution in [0.25, 0.3) is 11.3 Å². The molecule has 0 unspecified atom stereocenters. The summed E-state index contributed by atoms with van der Waals surface area (Å²) in [6, 6.07) is 13.8. The van der Waals surface area contributed by atoms with Gasteiger partial charge in [-0.3, -0.25) is 5.10 Å². The molecule has 1 aliphatic heterocycles. The summed E-state index contributed by atoms with van der Waals surface area (Å²) in [5.74, 6) is -0.623. The molecule has 0 fully saturated rings. The highest BCUT2D eigenvalue weighted by atomic mass is 35.5. The molecule has 4 rings (SSSR count). The molecule has 0 radical (unpaired) electrons. The number of hydrogen-bond acceptors (Lipinski definition) is 5. The van der Waals surface area contributed by atoms with E-state index in [-0.39, 0.29) is 27.9 Å². The quantitative estimate of drug-likeness (QED) is 0.608. The minimum absolute atomic E-state index is 0.0695. The molecule has 0 amide bonds. The smallest absolute Gasteiger partial charge is 0.244 e. The SMILES string of the molecule is CCCOc1ccc(-c2[nH]nc3c2[C@@H](c2c(F)cccc2Cl)C(C#N)=C(N)O3)cc1. The molecule has 3 aromatic rings. The predicted octanol–water partition coefficient (Wildman–Crippen LogP) is 4.88. The molecular weight excluding hydrogens is 407 g/mol. The van der Waals surface area contributed by atoms with Crippen LogP contribution < -0.4 is 15.2 Å². The minimum atomic E-state index is -0.864. The van der Waals surface area contributed by atoms with Crippen LogP contribution >= 0.6 is 11.6 Å². The first kappa shape index (κ1) is 19.8. The van der Waals surface area contributed by atoms with E-state index in [0.29, 0.717) is 17.9 Å². The third-order valence-electron chi connectivity index (χ3n) is 4.84. The number of aromatic amines is 1. The second-order valence-corrected chi connectivity index (χ2v) is 7.16. The molecule has 2 aromatic carbocycles. The minimum Gasteiger partial charge on any atom is -0.494 e. The average Bonchev–Trinajstić information content (AvgIpc) is 3.15. The van der Waals surface area contributed by atoms with Gasteiger partial charge in [0.1, 0.15) is 23.2 Å². The summed E-state index contributed by atoms with van der Waals surface area (Å²) in [4.78, 5) is 0. The number of nitriles is 1. The van der Waals surface area contributed by atoms with E-state index >= 15 is 0 Å². The summed E-state index contributed by atoms with van der Waals surface area (Å²) >= 11 is 6.33. The Balaban J connectivity index is 1.87. The van der Waals surface area contributed by atoms with Crippen molar-refractivity contribution in [3.8, 4) is 29.0 Å². The first-order valence-electron chi connectivity index (χ1n) is 9.38. The monoisotopic (exact) mass is 424 g/mol. The molecule has 0 saturated heterocycles. The molecule has 6 nitrogen and oxygen atoms in total. The molecule has 152 valence electrons. The van der Waals surface area contributed by atoms with Gasteiger partial charge in [-0.1, -0.05) is 24.6 Å². The number of hydrogen-bond donors (Lipinski definition) is 2. The van der Waals surface area contributed by atoms with Crippen molar-refractivity contribution in [3.63, 3.8) is 0 Å². The van der Waals surface area contributed by atoms with E-state index < -0.39 is 11.7 Å². The van der Waals surface area contributed by atoms with Crippen LogP contribution in [0.4, 0.5) is 4.39 Å². The Kier molecular flexibility index (Phi) is 5.34. The summed E-state index contributed by atoms with van der Waals surface area (Å²) in [6.07, 6.45) is 0.906. The highest BCUT2D eigenvalue weighted by Crippen LogP contribution is 2.47. The summed E-state index contributed by atoms with van der Waals surface area (Å²) < 4.78 is 26.0. The normalized spacial score (nSPS) is 15.3. The Morgan fingerprint density at radius 2 is 2.03 bits per heavy atom. The van der Waals surface area contributed by atoms with Gasteiger partial charge in [0.25, 0.3) is 0 Å². The topological polar surface area (TPSA) is 97.0 Å². The van der Waals surface area contributed by atoms with E-state index in [1.807, 2.05) is 37.3 Å². The number of benzene rings is 2. The number of fused-ring (bicyclic) bond motifs is 1. The maximum Gasteiger partial charge on any atom is 0.244 e. The van der Waals surface area contributed by atoms with Gasteiger partial charge >= 0.3 is 0 Å². The van der Waals surface area contributed by atoms with Crippen molar-refractivity contribution >= 4 is 11.6 Å². The fraction of sp³-hybridized carbons (Fsp3) is 0.182. The zero-order chi connectivity index (χ0) is 21.3. The van der Waals surface area contributed by atoms with E-state index in [9.17, 15) is 9.65 Å². The number of allylic oxidation sites excluding steroid dienone is 1. The number of halogens is 2. The standard InChI is InChI=1S/C22H18ClFN4O2/c1-2-10-29-13-8-6-12(7-9-13)20-19-17(18-15(23)4-3-5-16(18)24)14(11-25)21(26)30-22(19)28-27-20/h3-9,17H,2,10,26H2,1H3,(H,27,28)/t17-/m1/s1. The second-order valence-electron chi connectivity index (χ2n) is 6.75. The van der Waals surface area contributed by atoms with Gasteiger partial charge in [0.15, 0.2) is 0 Å². The van der Waals surface area contributed by atoms with Crippen molar-refractivity contribution in [1.29, 1.82) is 5.26 Å². The van der Waals surface area contributed by atoms with Crippen LogP contribution in [0.3, 0.4) is 0 Å². The molecule has 30 heavy (non-hydrogen) atoms. The van der Waals surface area contributed by atoms with Gasteiger partial charge in [-0.2, -0.15) is 5.26 Å². The van der Waals surface area contributed by atoms with Crippen molar-refractivity contribution in [2.45, 2.75) is 19.3 Å². The highest BCUT2D eigenvalue weighted by Gasteiger charge is 2.38. The number of ether oxygens (including phenoxy) is 2. The first-order valence-corrected chi connectivity index (χ1v) is 9.75. The first-order chi connectivity index (χ1) is 14.5. The van der Waals surface area contributed by atoms with Crippen LogP contribution in [0, 0.1) is 17.1 Å². The third kappa shape index (κ3) is 3.36. The number of nitrogens with two attached hydrogens (primary N) is 1. The van der Waals surface area contributed by atoms with Crippen LogP contribution in [0.15, 0.2) is 53.9 Å². The Morgan fingerprint density at radius 1 is 1.27 bits per heavy atom. The largest absolute Gasteiger partial charge is 0.494 e. The van der Waals surface area contributed by atoms with Crippen LogP contribution in [-0.2, 0) is 0 Å². The number of rotatable bonds is 5. The van der Waals surface area contributed by atoms with Crippen molar-refractivity contribution in [3.05, 3.63) is 75.9 Å². The Labute approximate surface area is 177 Å². The molecule has 1 aromatic heterocycles. The number of H-pyrrole nitrogens is 1. The second kappa shape index (κ2) is 8.09. The molecule has 1 aliphatic rings. The number of nitrogens with one attached hydrogen (secondary N) is 1. The molecule has 0 spiro atoms. The lowest BCUT2D eigenvalue weighted by molar-refractivity contribution is 0.317. The van der Waals surface area contributed by atoms with E-state index in [2.05, 4.69) is 10.2 Å². The fourth-order valence-corrected chi connectivity index (χ4v) is 3.75. The summed E-state index contributed by atoms with van der Waals surface area (Å²) in [6.45, 7) is 2.65. The van der Waals surface area contributed by atoms with E-state index in [1.165, 1.54) is 12.1 Å². The molecule has 8 heteroatoms. The van der Waals surface area contributed by atoms with E-state index in [0.717, 1.165) is 17.7 Å². The zero-order valence-electron chi connectivity index (χ0n) is 16.1. The Hall–Kier alpha value is -3.50. The number of aromatic nitrogens is 2. The van der Waals surface area contributed by atoms with Crippen LogP contribution in [0.2, 0.25) is 5.02 Å². The Bertz CT molecular complexity index is 1140. The molecule has 0 saturated carbocycles. The Morgan fingerprint density at radius 3 is 2.70 bits per heavy atom. The summed E-state index contributed by atoms with van der Waals surface area (Å²) in [5.41, 5.74) is 8.01. The van der Waals surface area contributed by atoms with Gasteiger partial charge in [-0.05, 0) is 42.8 Å². The lowest BCUT2D eigenvalue weighted by Gasteiger charge is -2.25. The molecular formula is C22H18ClFN4O2. The van der Waals surface area contributed by atoms with E-state index in [1.54, 1.807) is 6.07 Å². The molecule has 0 aliphatic carbocycles. The van der Waals surface area contributed by atoms with Gasteiger partial charge in [0, 0.05) is 16.1 Å². The zero-order valence-corrected chi connectivity index (χ0v) is 16.8. The maximum atomic E-state index is 14.8. The lowest BCUT2D eigenvalue weighted by Crippen LogP contribution is -2.21. The summed E-state index contributed by atoms with van der Waals surface area (Å²) in [5, 5.41) is 17.0. The van der Waals surface area contributed by atoms with Crippen LogP contribution in [0.5, 0.6) is 11.6 Å². The third-order valence-corrected chi connectivity index (χ3v) is 5.17. The van der Waals surface area contributed by atoms with Crippen molar-refractivity contribution in [2.24, 2.45) is 5.73 Å². The average molecular weight is 425 g/mol. The predicted molar refractivity (Wildman–Crippen MR) is 111 cm³/mol. The van der Waals surface area contributed by atoms with Crippen molar-refractivity contribution < 1.29 is 13.9 Å². The van der Waals surface area contributed by atoms with Crippen molar-refractivity contribution in [1.82, 2.24) is 10.2 Å². The molecule has 2 heterocycles. The van der Waals surface area contributed by atoms with Gasteiger partial charge in [0.2, 0.25) is 11.8 Å². The lowest BCUT2D eigenvalue weighted by atomic mass is 9.82. The van der Waals surface area contributed by atoms with Gasteiger partial charge in [-0.15, -0.1) is 5.10 Å². The fourth-order valence-electron chi connectivity index (χ4n) is 3.48. The molecule has 1 atom stereocenters. The summed E-state index contributed by atoms with van der Waals surface area (Å²) in [7, 11) is 0. The maximum absolute atomic E-state index is 14.8. The van der Waals surface area contributed by atoms with Crippen LogP contribution in [-0.4, -0.2) is 16.8 Å². The number of nitrogens with zero attached hydrogens (tertiary/aromatic N) is 2. The molecule has 3 N–H and O–H groups in total. The highest BCUT2D eigenvalue weighted by molar-refractivity contribution is 6.31. The van der Waals surface area contributed by atoms with Crippen molar-refractivity contribution in [2.75, 3.05) is 6.61 Å².